The summed E-state index contributed by atoms with van der Waals surface area (Å²) in [7, 11) is 0. The average Bonchev–Trinajstić information content (AvgIpc) is 3.78. The number of hydrogen-bond acceptors (Lipinski definition) is 1. The zero-order valence-electron chi connectivity index (χ0n) is 30.8. The van der Waals surface area contributed by atoms with Crippen molar-refractivity contribution < 1.29 is 0 Å². The number of unbranched alkanes of at least 4 members (excludes halogenated alkanes) is 1. The van der Waals surface area contributed by atoms with Crippen LogP contribution in [0.3, 0.4) is 0 Å². The van der Waals surface area contributed by atoms with E-state index in [0.29, 0.717) is 6.42 Å². The summed E-state index contributed by atoms with van der Waals surface area (Å²) in [6.45, 7) is 12.8. The zero-order chi connectivity index (χ0) is 36.8. The molecule has 54 heavy (non-hydrogen) atoms. The molecule has 0 saturated carbocycles. The van der Waals surface area contributed by atoms with Gasteiger partial charge in [-0.1, -0.05) is 142 Å². The van der Waals surface area contributed by atoms with Gasteiger partial charge in [-0.3, -0.25) is 4.57 Å². The van der Waals surface area contributed by atoms with Crippen molar-refractivity contribution in [2.24, 2.45) is 4.99 Å². The molecule has 4 heteroatoms. The largest absolute Gasteiger partial charge is 0.310 e. The first-order valence-corrected chi connectivity index (χ1v) is 18.9. The summed E-state index contributed by atoms with van der Waals surface area (Å²) < 4.78 is 7.18. The lowest BCUT2D eigenvalue weighted by Gasteiger charge is -2.12. The SMILES string of the molecule is C=CC(=CCCC)n1c2ccccc2c2c1ccc1c3ccccc3n(C3=CCC(n4c(/C=C\C)c(C=C)c5ccccc54)=NC(c4ccccc4)=C3)c12. The van der Waals surface area contributed by atoms with Gasteiger partial charge in [-0.2, -0.15) is 0 Å². The maximum Gasteiger partial charge on any atom is 0.118 e. The van der Waals surface area contributed by atoms with Crippen LogP contribution in [0.25, 0.3) is 83.8 Å². The van der Waals surface area contributed by atoms with Crippen LogP contribution in [0.15, 0.2) is 164 Å². The molecule has 0 spiro atoms. The second-order valence-electron chi connectivity index (χ2n) is 13.8. The minimum atomic E-state index is 0.619. The fourth-order valence-electron chi connectivity index (χ4n) is 8.38. The van der Waals surface area contributed by atoms with Gasteiger partial charge in [0.05, 0.1) is 39.0 Å². The van der Waals surface area contributed by atoms with Crippen molar-refractivity contribution in [3.63, 3.8) is 0 Å². The first-order valence-electron chi connectivity index (χ1n) is 18.9. The van der Waals surface area contributed by atoms with Gasteiger partial charge in [-0.05, 0) is 55.8 Å². The van der Waals surface area contributed by atoms with Gasteiger partial charge in [0.1, 0.15) is 5.84 Å². The molecule has 262 valence electrons. The van der Waals surface area contributed by atoms with Gasteiger partial charge in [0.15, 0.2) is 0 Å². The molecule has 4 heterocycles. The van der Waals surface area contributed by atoms with Crippen LogP contribution in [-0.2, 0) is 0 Å². The second-order valence-corrected chi connectivity index (χ2v) is 13.8. The first-order chi connectivity index (χ1) is 26.7. The van der Waals surface area contributed by atoms with Crippen molar-refractivity contribution in [1.29, 1.82) is 0 Å². The topological polar surface area (TPSA) is 27.1 Å². The van der Waals surface area contributed by atoms with Gasteiger partial charge in [0.2, 0.25) is 0 Å². The Kier molecular flexibility index (Phi) is 8.44. The maximum atomic E-state index is 5.54. The smallest absolute Gasteiger partial charge is 0.118 e. The van der Waals surface area contributed by atoms with E-state index in [4.69, 9.17) is 4.99 Å². The Balaban J connectivity index is 1.37. The number of para-hydroxylation sites is 3. The van der Waals surface area contributed by atoms with E-state index in [1.165, 1.54) is 38.1 Å². The number of hydrogen-bond donors (Lipinski definition) is 0. The van der Waals surface area contributed by atoms with E-state index >= 15 is 0 Å². The van der Waals surface area contributed by atoms with Crippen LogP contribution in [-0.4, -0.2) is 19.5 Å². The highest BCUT2D eigenvalue weighted by Gasteiger charge is 2.24. The number of aliphatic imine (C=N–C) groups is 1. The van der Waals surface area contributed by atoms with Crippen molar-refractivity contribution in [1.82, 2.24) is 13.7 Å². The van der Waals surface area contributed by atoms with Gasteiger partial charge < -0.3 is 9.13 Å². The van der Waals surface area contributed by atoms with Gasteiger partial charge in [0.25, 0.3) is 0 Å². The highest BCUT2D eigenvalue weighted by Crippen LogP contribution is 2.43. The number of nitrogens with zero attached hydrogens (tertiary/aromatic N) is 4. The minimum absolute atomic E-state index is 0.619. The van der Waals surface area contributed by atoms with Crippen LogP contribution in [0.2, 0.25) is 0 Å². The Bertz CT molecular complexity index is 2950. The predicted molar refractivity (Wildman–Crippen MR) is 235 cm³/mol. The predicted octanol–water partition coefficient (Wildman–Crippen LogP) is 13.6. The Morgan fingerprint density at radius 3 is 2.13 bits per heavy atom. The molecule has 0 atom stereocenters. The summed E-state index contributed by atoms with van der Waals surface area (Å²) in [5.41, 5.74) is 12.2. The average molecular weight is 699 g/mol. The fraction of sp³-hybridized carbons (Fsp3) is 0.100. The molecule has 0 radical (unpaired) electrons. The molecule has 0 fully saturated rings. The fourth-order valence-corrected chi connectivity index (χ4v) is 8.38. The summed E-state index contributed by atoms with van der Waals surface area (Å²) in [4.78, 5) is 5.54. The van der Waals surface area contributed by atoms with Crippen molar-refractivity contribution in [3.8, 4) is 0 Å². The lowest BCUT2D eigenvalue weighted by atomic mass is 10.1. The standard InChI is InChI=1S/C50H42N4/c1-5-9-22-35(7-3)52-46-28-18-15-25-41(46)49-47(52)31-30-40-39-24-14-16-26-44(39)53(50(40)49)36-29-32-48(51-42(33-36)34-20-11-10-12-21-34)54-43(19-6-2)37(8-4)38-23-13-17-27-45(38)54/h6-8,10-31,33H,3-5,9,32H2,1-2H3/b19-6-,35-22?. The van der Waals surface area contributed by atoms with E-state index in [-0.39, 0.29) is 0 Å². The third kappa shape index (κ3) is 5.17. The summed E-state index contributed by atoms with van der Waals surface area (Å²) in [6.07, 6.45) is 17.9. The molecule has 8 aromatic rings. The summed E-state index contributed by atoms with van der Waals surface area (Å²) in [5, 5.41) is 6.06. The van der Waals surface area contributed by atoms with Gasteiger partial charge in [-0.15, -0.1) is 0 Å². The molecule has 0 amide bonds. The van der Waals surface area contributed by atoms with Crippen LogP contribution in [0, 0.1) is 0 Å². The molecular formula is C50H42N4. The maximum absolute atomic E-state index is 5.54. The Labute approximate surface area is 316 Å². The summed E-state index contributed by atoms with van der Waals surface area (Å²) in [6, 6.07) is 41.3. The normalized spacial score (nSPS) is 14.0. The zero-order valence-corrected chi connectivity index (χ0v) is 30.8. The Morgan fingerprint density at radius 2 is 1.41 bits per heavy atom. The van der Waals surface area contributed by atoms with Crippen molar-refractivity contribution >= 4 is 89.6 Å². The monoisotopic (exact) mass is 698 g/mol. The van der Waals surface area contributed by atoms with E-state index in [2.05, 4.69) is 186 Å². The molecule has 3 aromatic heterocycles. The van der Waals surface area contributed by atoms with Crippen molar-refractivity contribution in [3.05, 3.63) is 176 Å². The molecule has 9 rings (SSSR count). The van der Waals surface area contributed by atoms with Crippen LogP contribution in [0.1, 0.15) is 49.9 Å². The molecule has 4 nitrogen and oxygen atoms in total. The summed E-state index contributed by atoms with van der Waals surface area (Å²) in [5.74, 6) is 0.955. The summed E-state index contributed by atoms with van der Waals surface area (Å²) >= 11 is 0. The lowest BCUT2D eigenvalue weighted by molar-refractivity contribution is 0.954. The van der Waals surface area contributed by atoms with Gasteiger partial charge >= 0.3 is 0 Å². The van der Waals surface area contributed by atoms with Crippen LogP contribution in [0.4, 0.5) is 0 Å². The van der Waals surface area contributed by atoms with Crippen LogP contribution >= 0.6 is 0 Å². The van der Waals surface area contributed by atoms with E-state index in [0.717, 1.165) is 69.0 Å². The van der Waals surface area contributed by atoms with Gasteiger partial charge in [0, 0.05) is 55.9 Å². The van der Waals surface area contributed by atoms with E-state index in [1.54, 1.807) is 0 Å². The minimum Gasteiger partial charge on any atom is -0.310 e. The van der Waals surface area contributed by atoms with Crippen molar-refractivity contribution in [2.75, 3.05) is 0 Å². The number of allylic oxidation sites excluding steroid dienone is 7. The van der Waals surface area contributed by atoms with E-state index in [9.17, 15) is 0 Å². The number of rotatable bonds is 8. The highest BCUT2D eigenvalue weighted by atomic mass is 15.1. The van der Waals surface area contributed by atoms with Gasteiger partial charge in [-0.25, -0.2) is 4.99 Å². The third-order valence-electron chi connectivity index (χ3n) is 10.7. The molecule has 0 bridgehead atoms. The van der Waals surface area contributed by atoms with E-state index in [1.807, 2.05) is 12.2 Å². The number of benzene rings is 5. The molecule has 1 aliphatic rings. The first kappa shape index (κ1) is 33.2. The van der Waals surface area contributed by atoms with Crippen molar-refractivity contribution in [2.45, 2.75) is 33.1 Å². The van der Waals surface area contributed by atoms with E-state index < -0.39 is 0 Å². The molecule has 0 aliphatic carbocycles. The molecule has 5 aromatic carbocycles. The van der Waals surface area contributed by atoms with Crippen LogP contribution in [0.5, 0.6) is 0 Å². The molecule has 0 N–H and O–H groups in total. The Morgan fingerprint density at radius 1 is 0.722 bits per heavy atom. The molecular weight excluding hydrogens is 657 g/mol. The Hall–Kier alpha value is -6.65. The molecule has 0 unspecified atom stereocenters. The van der Waals surface area contributed by atoms with Crippen LogP contribution < -0.4 is 0 Å². The molecule has 1 aliphatic heterocycles. The second kappa shape index (κ2) is 13.7. The number of aromatic nitrogens is 3. The highest BCUT2D eigenvalue weighted by molar-refractivity contribution is 6.27. The molecule has 0 saturated heterocycles. The number of fused-ring (bicyclic) bond motifs is 8. The quantitative estimate of drug-likeness (QED) is 0.141. The lowest BCUT2D eigenvalue weighted by Crippen LogP contribution is -2.13. The third-order valence-corrected chi connectivity index (χ3v) is 10.7.